The van der Waals surface area contributed by atoms with Crippen molar-refractivity contribution < 1.29 is 75.3 Å². The van der Waals surface area contributed by atoms with E-state index in [4.69, 9.17) is 60.9 Å². The van der Waals surface area contributed by atoms with Crippen molar-refractivity contribution in [1.29, 1.82) is 0 Å². The Morgan fingerprint density at radius 1 is 0.948 bits per heavy atom. The molecule has 3 aliphatic heterocycles. The van der Waals surface area contributed by atoms with Gasteiger partial charge in [-0.1, -0.05) is 41.0 Å². The third-order valence-electron chi connectivity index (χ3n) is 12.5. The highest BCUT2D eigenvalue weighted by Crippen LogP contribution is 2.41. The van der Waals surface area contributed by atoms with Gasteiger partial charge in [0.1, 0.15) is 59.7 Å². The van der Waals surface area contributed by atoms with Crippen LogP contribution >= 0.6 is 22.9 Å². The van der Waals surface area contributed by atoms with E-state index in [9.17, 15) is 33.0 Å². The number of imide groups is 1. The van der Waals surface area contributed by atoms with Crippen LogP contribution in [-0.4, -0.2) is 151 Å². The van der Waals surface area contributed by atoms with E-state index in [1.807, 2.05) is 24.3 Å². The summed E-state index contributed by atoms with van der Waals surface area (Å²) in [6.45, 7) is 11.0. The van der Waals surface area contributed by atoms with Crippen molar-refractivity contribution in [1.82, 2.24) is 20.1 Å². The van der Waals surface area contributed by atoms with Crippen molar-refractivity contribution in [3.63, 3.8) is 0 Å². The van der Waals surface area contributed by atoms with Gasteiger partial charge in [-0.15, -0.1) is 11.3 Å². The van der Waals surface area contributed by atoms with Crippen LogP contribution in [0, 0.1) is 6.92 Å². The zero-order valence-corrected chi connectivity index (χ0v) is 45.4. The number of nitrogens with one attached hydrogen (secondary N) is 1. The van der Waals surface area contributed by atoms with Gasteiger partial charge < -0.3 is 47.6 Å². The molecule has 1 aromatic heterocycles. The standard InChI is InChI=1S/C51H53B2ClN6O15S2/c1-29(48(64)73-52)75-57-40(37-27-76-30(2)55-37)44(61)56-41-46(63)59-42(49(65)74-53)33(28-77(67)47(41)59)24-60(21-8-9-22-60)23-20-58(50(66)72-51(3,4)5)45(62)36-18-19-38(70-25-31-10-14-34(68-6)15-11-31)43(39(36)54)71-26-32-12-16-35(69-7)17-13-32/h10-19,27,41,47H,1,8-9,20-26,28H2,2-7H3/p+1/b57-40-/t41-,47-,77?/m1/s1. The van der Waals surface area contributed by atoms with Crippen molar-refractivity contribution in [2.45, 2.75) is 70.8 Å². The number of ether oxygens (including phenoxy) is 5. The van der Waals surface area contributed by atoms with Crippen molar-refractivity contribution in [3.8, 4) is 23.0 Å². The number of carbonyl (C=O) groups is 6. The van der Waals surface area contributed by atoms with Crippen LogP contribution in [0.5, 0.6) is 23.0 Å². The number of hydrogen-bond donors (Lipinski definition) is 1. The van der Waals surface area contributed by atoms with E-state index < -0.39 is 75.0 Å². The summed E-state index contributed by atoms with van der Waals surface area (Å²) >= 11 is 8.29. The molecule has 26 heteroatoms. The lowest BCUT2D eigenvalue weighted by Gasteiger charge is -2.50. The maximum atomic E-state index is 14.9. The highest BCUT2D eigenvalue weighted by molar-refractivity contribution is 7.86. The van der Waals surface area contributed by atoms with Crippen molar-refractivity contribution in [3.05, 3.63) is 122 Å². The molecule has 2 saturated heterocycles. The molecule has 0 saturated carbocycles. The van der Waals surface area contributed by atoms with Gasteiger partial charge in [0.05, 0.1) is 72.5 Å². The molecule has 3 aromatic carbocycles. The smallest absolute Gasteiger partial charge is 0.417 e. The Morgan fingerprint density at radius 2 is 1.57 bits per heavy atom. The first kappa shape index (κ1) is 57.5. The van der Waals surface area contributed by atoms with Crippen molar-refractivity contribution in [2.24, 2.45) is 5.16 Å². The molecule has 4 heterocycles. The number of nitrogens with zero attached hydrogens (tertiary/aromatic N) is 5. The SMILES string of the molecule is [B]OC(=O)C(=C)O/N=C(\C(=O)N[C@@H]1C(=O)N2C(C(=O)O[B])=C(C[N+]3(CCN(C(=O)OC(C)(C)C)C(=O)c4ccc(OCc5ccc(OC)cc5)c(OCc5ccc(OC)cc5)c4Cl)CCCC3)CS(=O)[C@H]12)c1csc(C)n1. The fourth-order valence-electron chi connectivity index (χ4n) is 8.74. The monoisotopic (exact) mass is 1110 g/mol. The van der Waals surface area contributed by atoms with Crippen LogP contribution in [0.25, 0.3) is 0 Å². The molecule has 4 aromatic rings. The van der Waals surface area contributed by atoms with E-state index >= 15 is 0 Å². The summed E-state index contributed by atoms with van der Waals surface area (Å²) in [6, 6.07) is 15.9. The average Bonchev–Trinajstić information content (AvgIpc) is 4.07. The summed E-state index contributed by atoms with van der Waals surface area (Å²) in [7, 11) is 11.5. The number of benzene rings is 3. The minimum absolute atomic E-state index is 0.0141. The van der Waals surface area contributed by atoms with Gasteiger partial charge in [0.2, 0.25) is 5.76 Å². The number of amides is 4. The van der Waals surface area contributed by atoms with Gasteiger partial charge in [0.15, 0.2) is 17.2 Å². The Labute approximate surface area is 458 Å². The summed E-state index contributed by atoms with van der Waals surface area (Å²) < 4.78 is 52.1. The fraction of sp³-hybridized carbons (Fsp3) is 0.373. The summed E-state index contributed by atoms with van der Waals surface area (Å²) in [5.41, 5.74) is -0.0311. The minimum atomic E-state index is -1.94. The van der Waals surface area contributed by atoms with E-state index in [0.29, 0.717) is 42.4 Å². The van der Waals surface area contributed by atoms with Gasteiger partial charge in [-0.2, -0.15) is 0 Å². The molecular weight excluding hydrogens is 1060 g/mol. The molecule has 4 amide bonds. The number of β-lactam (4-membered cyclic amide) rings is 1. The molecule has 21 nitrogen and oxygen atoms in total. The Morgan fingerprint density at radius 3 is 2.13 bits per heavy atom. The Kier molecular flexibility index (Phi) is 18.6. The number of quaternary nitrogens is 1. The van der Waals surface area contributed by atoms with Crippen molar-refractivity contribution in [2.75, 3.05) is 52.7 Å². The molecule has 402 valence electrons. The third kappa shape index (κ3) is 13.5. The lowest BCUT2D eigenvalue weighted by molar-refractivity contribution is -0.911. The lowest BCUT2D eigenvalue weighted by Crippen LogP contribution is -2.74. The molecule has 1 N–H and O–H groups in total. The summed E-state index contributed by atoms with van der Waals surface area (Å²) in [4.78, 5) is 93.5. The van der Waals surface area contributed by atoms with Gasteiger partial charge in [-0.05, 0) is 81.8 Å². The number of methoxy groups -OCH3 is 2. The Hall–Kier alpha value is -7.21. The highest BCUT2D eigenvalue weighted by atomic mass is 35.5. The number of carbonyl (C=O) groups excluding carboxylic acids is 6. The highest BCUT2D eigenvalue weighted by Gasteiger charge is 2.58. The average molecular weight is 1110 g/mol. The number of oxime groups is 1. The molecule has 1 unspecified atom stereocenters. The number of hydrogen-bond acceptors (Lipinski definition) is 18. The molecule has 0 aliphatic carbocycles. The second-order valence-electron chi connectivity index (χ2n) is 18.9. The normalized spacial score (nSPS) is 17.8. The quantitative estimate of drug-likeness (QED) is 0.0217. The van der Waals surface area contributed by atoms with Crippen LogP contribution in [-0.2, 0) is 62.1 Å². The van der Waals surface area contributed by atoms with Crippen LogP contribution in [0.3, 0.4) is 0 Å². The van der Waals surface area contributed by atoms with Gasteiger partial charge in [-0.3, -0.25) is 23.5 Å². The predicted octanol–water partition coefficient (Wildman–Crippen LogP) is 5.13. The topological polar surface area (TPSA) is 237 Å². The number of likely N-dealkylation sites (tertiary alicyclic amines) is 1. The minimum Gasteiger partial charge on any atom is -0.539 e. The second kappa shape index (κ2) is 24.8. The number of aryl methyl sites for hydroxylation is 1. The first-order chi connectivity index (χ1) is 36.7. The number of fused-ring (bicyclic) bond motifs is 1. The maximum absolute atomic E-state index is 14.9. The predicted molar refractivity (Wildman–Crippen MR) is 282 cm³/mol. The van der Waals surface area contributed by atoms with E-state index in [1.54, 1.807) is 66.2 Å². The lowest BCUT2D eigenvalue weighted by atomic mass is 10.0. The van der Waals surface area contributed by atoms with Gasteiger partial charge in [-0.25, -0.2) is 24.3 Å². The number of halogens is 1. The van der Waals surface area contributed by atoms with E-state index in [-0.39, 0.29) is 82.1 Å². The molecule has 3 aliphatic rings. The fourth-order valence-corrected chi connectivity index (χ4v) is 11.3. The number of thiazole rings is 1. The van der Waals surface area contributed by atoms with Crippen molar-refractivity contribution >= 4 is 91.3 Å². The number of aromatic nitrogens is 1. The molecule has 77 heavy (non-hydrogen) atoms. The molecule has 2 fully saturated rings. The zero-order chi connectivity index (χ0) is 55.8. The molecule has 4 radical (unpaired) electrons. The summed E-state index contributed by atoms with van der Waals surface area (Å²) in [5, 5.41) is 6.85. The van der Waals surface area contributed by atoms with Crippen LogP contribution in [0.4, 0.5) is 4.79 Å². The first-order valence-electron chi connectivity index (χ1n) is 23.9. The largest absolute Gasteiger partial charge is 0.539 e. The van der Waals surface area contributed by atoms with Gasteiger partial charge >= 0.3 is 34.1 Å². The summed E-state index contributed by atoms with van der Waals surface area (Å²) in [6.07, 6.45) is 0.452. The first-order valence-corrected chi connectivity index (χ1v) is 26.5. The van der Waals surface area contributed by atoms with Gasteiger partial charge in [0, 0.05) is 23.8 Å². The van der Waals surface area contributed by atoms with Gasteiger partial charge in [0.25, 0.3) is 17.7 Å². The molecule has 0 bridgehead atoms. The van der Waals surface area contributed by atoms with Crippen LogP contribution in [0.2, 0.25) is 5.02 Å². The molecule has 3 atom stereocenters. The van der Waals surface area contributed by atoms with Crippen LogP contribution in [0.1, 0.15) is 65.8 Å². The van der Waals surface area contributed by atoms with Crippen LogP contribution < -0.4 is 24.3 Å². The van der Waals surface area contributed by atoms with E-state index in [0.717, 1.165) is 20.9 Å². The Bertz CT molecular complexity index is 3020. The summed E-state index contributed by atoms with van der Waals surface area (Å²) in [5.74, 6) is -4.27. The van der Waals surface area contributed by atoms with Crippen LogP contribution in [0.15, 0.2) is 94.8 Å². The molecular formula is C51H54B2ClN6O15S2+. The molecule has 7 rings (SSSR count). The second-order valence-corrected chi connectivity index (χ2v) is 21.9. The van der Waals surface area contributed by atoms with E-state index in [1.165, 1.54) is 28.8 Å². The maximum Gasteiger partial charge on any atom is 0.417 e. The zero-order valence-electron chi connectivity index (χ0n) is 43.0. The Balaban J connectivity index is 1.15. The molecule has 0 spiro atoms. The number of rotatable bonds is 21. The van der Waals surface area contributed by atoms with E-state index in [2.05, 4.69) is 26.7 Å². The third-order valence-corrected chi connectivity index (χ3v) is 15.3.